The van der Waals surface area contributed by atoms with Crippen LogP contribution in [0.2, 0.25) is 0 Å². The SMILES string of the molecule is Cc1noc(-c2cnc(Nc3ccc4c(n3)C(C)NC4=O)cc2N[C@H](CO)c2ccccc2)n1. The van der Waals surface area contributed by atoms with Crippen molar-refractivity contribution in [3.63, 3.8) is 0 Å². The number of carbonyl (C=O) groups excluding carboxylic acids is 1. The normalized spacial score (nSPS) is 15.5. The highest BCUT2D eigenvalue weighted by molar-refractivity contribution is 5.98. The number of amides is 1. The summed E-state index contributed by atoms with van der Waals surface area (Å²) in [4.78, 5) is 25.4. The molecule has 1 aliphatic heterocycles. The maximum Gasteiger partial charge on any atom is 0.261 e. The lowest BCUT2D eigenvalue weighted by Crippen LogP contribution is -2.16. The largest absolute Gasteiger partial charge is 0.394 e. The first-order valence-electron chi connectivity index (χ1n) is 10.8. The van der Waals surface area contributed by atoms with Crippen molar-refractivity contribution in [2.75, 3.05) is 17.2 Å². The van der Waals surface area contributed by atoms with E-state index in [1.54, 1.807) is 31.3 Å². The number of nitrogens with one attached hydrogen (secondary N) is 3. The molecule has 0 bridgehead atoms. The van der Waals surface area contributed by atoms with Crippen LogP contribution >= 0.6 is 0 Å². The van der Waals surface area contributed by atoms with E-state index in [2.05, 4.69) is 36.1 Å². The van der Waals surface area contributed by atoms with Crippen molar-refractivity contribution < 1.29 is 14.4 Å². The quantitative estimate of drug-likeness (QED) is 0.328. The van der Waals surface area contributed by atoms with Gasteiger partial charge in [0.15, 0.2) is 5.82 Å². The van der Waals surface area contributed by atoms with Crippen LogP contribution in [0.15, 0.2) is 59.3 Å². The lowest BCUT2D eigenvalue weighted by molar-refractivity contribution is 0.0958. The van der Waals surface area contributed by atoms with Gasteiger partial charge in [0.05, 0.1) is 41.2 Å². The molecule has 4 N–H and O–H groups in total. The number of hydrogen-bond acceptors (Lipinski definition) is 9. The van der Waals surface area contributed by atoms with Gasteiger partial charge in [0, 0.05) is 12.3 Å². The fourth-order valence-electron chi connectivity index (χ4n) is 3.87. The zero-order chi connectivity index (χ0) is 23.7. The number of aliphatic hydroxyl groups excluding tert-OH is 1. The van der Waals surface area contributed by atoms with E-state index in [-0.39, 0.29) is 24.6 Å². The number of carbonyl (C=O) groups is 1. The molecule has 0 saturated heterocycles. The molecular formula is C24H23N7O3. The average molecular weight is 457 g/mol. The highest BCUT2D eigenvalue weighted by Gasteiger charge is 2.27. The molecule has 0 fully saturated rings. The second-order valence-electron chi connectivity index (χ2n) is 8.00. The number of nitrogens with zero attached hydrogens (tertiary/aromatic N) is 4. The van der Waals surface area contributed by atoms with Crippen LogP contribution in [0.3, 0.4) is 0 Å². The molecule has 1 amide bonds. The number of rotatable bonds is 7. The third-order valence-electron chi connectivity index (χ3n) is 5.56. The number of benzene rings is 1. The molecule has 4 aromatic rings. The molecule has 0 saturated carbocycles. The third kappa shape index (κ3) is 4.18. The number of anilines is 3. The summed E-state index contributed by atoms with van der Waals surface area (Å²) in [7, 11) is 0. The Bertz CT molecular complexity index is 1340. The Morgan fingerprint density at radius 1 is 1.12 bits per heavy atom. The van der Waals surface area contributed by atoms with Crippen molar-refractivity contribution in [2.24, 2.45) is 0 Å². The van der Waals surface area contributed by atoms with E-state index in [0.29, 0.717) is 45.9 Å². The van der Waals surface area contributed by atoms with E-state index in [1.165, 1.54) is 0 Å². The summed E-state index contributed by atoms with van der Waals surface area (Å²) in [6, 6.07) is 14.4. The van der Waals surface area contributed by atoms with E-state index in [0.717, 1.165) is 5.56 Å². The van der Waals surface area contributed by atoms with Gasteiger partial charge >= 0.3 is 0 Å². The highest BCUT2D eigenvalue weighted by Crippen LogP contribution is 2.32. The molecule has 10 heteroatoms. The zero-order valence-corrected chi connectivity index (χ0v) is 18.6. The van der Waals surface area contributed by atoms with E-state index < -0.39 is 0 Å². The van der Waals surface area contributed by atoms with Gasteiger partial charge in [-0.3, -0.25) is 4.79 Å². The van der Waals surface area contributed by atoms with Crippen LogP contribution in [-0.4, -0.2) is 37.7 Å². The monoisotopic (exact) mass is 457 g/mol. The minimum Gasteiger partial charge on any atom is -0.394 e. The molecule has 0 spiro atoms. The van der Waals surface area contributed by atoms with Crippen LogP contribution in [0, 0.1) is 6.92 Å². The lowest BCUT2D eigenvalue weighted by atomic mass is 10.1. The standard InChI is InChI=1S/C24H23N7O3/c1-13-22-16(23(33)26-13)8-9-20(30-22)29-21-10-18(17(11-25-21)24-27-14(2)31-34-24)28-19(12-32)15-6-4-3-5-7-15/h3-11,13,19,32H,12H2,1-2H3,(H,26,33)(H2,25,28,29,30)/t13?,19-/m1/s1. The molecule has 172 valence electrons. The molecule has 0 radical (unpaired) electrons. The molecular weight excluding hydrogens is 434 g/mol. The van der Waals surface area contributed by atoms with Gasteiger partial charge in [-0.25, -0.2) is 9.97 Å². The molecule has 34 heavy (non-hydrogen) atoms. The van der Waals surface area contributed by atoms with Gasteiger partial charge in [0.1, 0.15) is 11.6 Å². The van der Waals surface area contributed by atoms with Crippen molar-refractivity contribution >= 4 is 23.2 Å². The Hall–Kier alpha value is -4.31. The first-order valence-corrected chi connectivity index (χ1v) is 10.8. The summed E-state index contributed by atoms with van der Waals surface area (Å²) in [6.07, 6.45) is 1.62. The Balaban J connectivity index is 1.49. The maximum atomic E-state index is 12.0. The Morgan fingerprint density at radius 3 is 2.68 bits per heavy atom. The molecule has 5 rings (SSSR count). The van der Waals surface area contributed by atoms with Gasteiger partial charge in [-0.2, -0.15) is 4.98 Å². The minimum absolute atomic E-state index is 0.122. The predicted octanol–water partition coefficient (Wildman–Crippen LogP) is 3.53. The van der Waals surface area contributed by atoms with Gasteiger partial charge < -0.3 is 25.6 Å². The van der Waals surface area contributed by atoms with E-state index in [4.69, 9.17) is 4.52 Å². The van der Waals surface area contributed by atoms with Crippen molar-refractivity contribution in [3.8, 4) is 11.5 Å². The van der Waals surface area contributed by atoms with E-state index in [1.807, 2.05) is 37.3 Å². The van der Waals surface area contributed by atoms with Crippen LogP contribution < -0.4 is 16.0 Å². The smallest absolute Gasteiger partial charge is 0.261 e. The minimum atomic E-state index is -0.365. The van der Waals surface area contributed by atoms with Crippen LogP contribution in [0.1, 0.15) is 46.4 Å². The van der Waals surface area contributed by atoms with Crippen LogP contribution in [-0.2, 0) is 0 Å². The molecule has 4 heterocycles. The molecule has 10 nitrogen and oxygen atoms in total. The summed E-state index contributed by atoms with van der Waals surface area (Å²) >= 11 is 0. The molecule has 0 aliphatic carbocycles. The van der Waals surface area contributed by atoms with Crippen LogP contribution in [0.4, 0.5) is 17.3 Å². The van der Waals surface area contributed by atoms with Gasteiger partial charge in [0.25, 0.3) is 11.8 Å². The summed E-state index contributed by atoms with van der Waals surface area (Å²) in [6.45, 7) is 3.51. The van der Waals surface area contributed by atoms with Crippen molar-refractivity contribution in [3.05, 3.63) is 77.4 Å². The maximum absolute atomic E-state index is 12.0. The number of hydrogen-bond donors (Lipinski definition) is 4. The summed E-state index contributed by atoms with van der Waals surface area (Å²) in [5.74, 6) is 1.78. The molecule has 2 atom stereocenters. The number of aliphatic hydroxyl groups is 1. The first-order chi connectivity index (χ1) is 16.5. The molecule has 3 aromatic heterocycles. The van der Waals surface area contributed by atoms with Gasteiger partial charge in [-0.1, -0.05) is 35.5 Å². The fraction of sp³-hybridized carbons (Fsp3) is 0.208. The molecule has 1 aromatic carbocycles. The van der Waals surface area contributed by atoms with Crippen molar-refractivity contribution in [1.82, 2.24) is 25.4 Å². The van der Waals surface area contributed by atoms with Gasteiger partial charge in [-0.05, 0) is 31.5 Å². The Kier molecular flexibility index (Phi) is 5.64. The van der Waals surface area contributed by atoms with Crippen molar-refractivity contribution in [1.29, 1.82) is 0 Å². The van der Waals surface area contributed by atoms with Gasteiger partial charge in [0.2, 0.25) is 0 Å². The zero-order valence-electron chi connectivity index (χ0n) is 18.6. The van der Waals surface area contributed by atoms with Crippen LogP contribution in [0.5, 0.6) is 0 Å². The Morgan fingerprint density at radius 2 is 1.94 bits per heavy atom. The molecule has 1 aliphatic rings. The second-order valence-corrected chi connectivity index (χ2v) is 8.00. The summed E-state index contributed by atoms with van der Waals surface area (Å²) in [5.41, 5.74) is 3.44. The topological polar surface area (TPSA) is 138 Å². The highest BCUT2D eigenvalue weighted by atomic mass is 16.5. The predicted molar refractivity (Wildman–Crippen MR) is 126 cm³/mol. The van der Waals surface area contributed by atoms with Crippen molar-refractivity contribution in [2.45, 2.75) is 25.9 Å². The van der Waals surface area contributed by atoms with Crippen LogP contribution in [0.25, 0.3) is 11.5 Å². The molecule has 1 unspecified atom stereocenters. The number of fused-ring (bicyclic) bond motifs is 1. The summed E-state index contributed by atoms with van der Waals surface area (Å²) < 4.78 is 5.37. The Labute approximate surface area is 195 Å². The number of aromatic nitrogens is 4. The number of pyridine rings is 2. The fourth-order valence-corrected chi connectivity index (χ4v) is 3.87. The summed E-state index contributed by atoms with van der Waals surface area (Å²) in [5, 5.41) is 23.4. The number of aryl methyl sites for hydroxylation is 1. The third-order valence-corrected chi connectivity index (χ3v) is 5.56. The first kappa shape index (κ1) is 21.5. The average Bonchev–Trinajstić information content (AvgIpc) is 3.40. The van der Waals surface area contributed by atoms with E-state index >= 15 is 0 Å². The van der Waals surface area contributed by atoms with Gasteiger partial charge in [-0.15, -0.1) is 0 Å². The lowest BCUT2D eigenvalue weighted by Gasteiger charge is -2.20. The van der Waals surface area contributed by atoms with E-state index in [9.17, 15) is 9.90 Å². The second kappa shape index (κ2) is 8.91.